The van der Waals surface area contributed by atoms with Gasteiger partial charge in [0.2, 0.25) is 5.91 Å². The molecule has 6 rings (SSSR count). The highest BCUT2D eigenvalue weighted by molar-refractivity contribution is 5.79. The van der Waals surface area contributed by atoms with Crippen LogP contribution in [0.1, 0.15) is 95.2 Å². The molecule has 4 aromatic rings. The minimum Gasteiger partial charge on any atom is -0.489 e. The summed E-state index contributed by atoms with van der Waals surface area (Å²) < 4.78 is 27.6. The molecule has 9 nitrogen and oxygen atoms in total. The number of ether oxygens (including phenoxy) is 2. The van der Waals surface area contributed by atoms with Gasteiger partial charge in [0.15, 0.2) is 0 Å². The summed E-state index contributed by atoms with van der Waals surface area (Å²) in [4.78, 5) is 33.9. The molecule has 2 unspecified atom stereocenters. The van der Waals surface area contributed by atoms with E-state index in [1.165, 1.54) is 44.2 Å². The highest BCUT2D eigenvalue weighted by Crippen LogP contribution is 2.47. The van der Waals surface area contributed by atoms with Gasteiger partial charge in [0, 0.05) is 31.6 Å². The molecular formula is C45H58FN5O4. The van der Waals surface area contributed by atoms with Gasteiger partial charge < -0.3 is 19.7 Å². The van der Waals surface area contributed by atoms with Crippen molar-refractivity contribution in [1.82, 2.24) is 25.0 Å². The maximum absolute atomic E-state index is 14.6. The molecule has 2 heterocycles. The van der Waals surface area contributed by atoms with Crippen LogP contribution in [0.5, 0.6) is 5.75 Å². The number of likely N-dealkylation sites (tertiary alicyclic amines) is 1. The van der Waals surface area contributed by atoms with Gasteiger partial charge in [0.1, 0.15) is 36.4 Å². The first-order valence-electron chi connectivity index (χ1n) is 20.1. The number of hydrogen-bond donors (Lipinski definition) is 1. The molecule has 0 bridgehead atoms. The smallest absolute Gasteiger partial charge is 0.407 e. The zero-order chi connectivity index (χ0) is 38.7. The van der Waals surface area contributed by atoms with Crippen LogP contribution in [-0.4, -0.2) is 56.4 Å². The van der Waals surface area contributed by atoms with Gasteiger partial charge in [-0.1, -0.05) is 73.9 Å². The minimum atomic E-state index is -0.650. The third-order valence-electron chi connectivity index (χ3n) is 11.5. The molecule has 1 saturated carbocycles. The van der Waals surface area contributed by atoms with Crippen molar-refractivity contribution >= 4 is 12.0 Å². The number of carbonyl (C=O) groups excluding carboxylic acids is 2. The average molecular weight is 752 g/mol. The minimum absolute atomic E-state index is 0.0852. The molecule has 294 valence electrons. The van der Waals surface area contributed by atoms with E-state index in [0.29, 0.717) is 51.3 Å². The molecule has 1 saturated heterocycles. The molecule has 1 aliphatic heterocycles. The van der Waals surface area contributed by atoms with Crippen LogP contribution in [0.2, 0.25) is 0 Å². The van der Waals surface area contributed by atoms with Crippen LogP contribution in [0.3, 0.4) is 0 Å². The number of nitrogens with one attached hydrogen (secondary N) is 1. The van der Waals surface area contributed by atoms with Gasteiger partial charge in [0.05, 0.1) is 0 Å². The Morgan fingerprint density at radius 3 is 2.20 bits per heavy atom. The van der Waals surface area contributed by atoms with E-state index in [4.69, 9.17) is 9.47 Å². The number of halogens is 1. The number of amides is 2. The number of rotatable bonds is 15. The van der Waals surface area contributed by atoms with Crippen LogP contribution in [0.4, 0.5) is 9.18 Å². The van der Waals surface area contributed by atoms with Crippen LogP contribution >= 0.6 is 0 Å². The zero-order valence-corrected chi connectivity index (χ0v) is 32.8. The Morgan fingerprint density at radius 1 is 0.873 bits per heavy atom. The lowest BCUT2D eigenvalue weighted by atomic mass is 9.63. The van der Waals surface area contributed by atoms with Crippen LogP contribution < -0.4 is 10.1 Å². The fraction of sp³-hybridized carbons (Fsp3) is 0.511. The predicted molar refractivity (Wildman–Crippen MR) is 212 cm³/mol. The van der Waals surface area contributed by atoms with Gasteiger partial charge in [-0.2, -0.15) is 5.10 Å². The van der Waals surface area contributed by atoms with Crippen LogP contribution in [0.25, 0.3) is 0 Å². The Hall–Kier alpha value is -4.73. The number of aromatic nitrogens is 3. The van der Waals surface area contributed by atoms with E-state index in [0.717, 1.165) is 41.8 Å². The van der Waals surface area contributed by atoms with Gasteiger partial charge in [-0.25, -0.2) is 14.2 Å². The lowest BCUT2D eigenvalue weighted by Gasteiger charge is -2.48. The van der Waals surface area contributed by atoms with Gasteiger partial charge in [-0.05, 0) is 124 Å². The lowest BCUT2D eigenvalue weighted by Crippen LogP contribution is -2.50. The summed E-state index contributed by atoms with van der Waals surface area (Å²) in [7, 11) is 0. The van der Waals surface area contributed by atoms with E-state index in [-0.39, 0.29) is 29.1 Å². The molecule has 1 aromatic heterocycles. The topological polar surface area (TPSA) is 98.6 Å². The normalized spacial score (nSPS) is 17.3. The third-order valence-corrected chi connectivity index (χ3v) is 11.5. The molecule has 1 aliphatic carbocycles. The Bertz CT molecular complexity index is 1760. The van der Waals surface area contributed by atoms with Crippen LogP contribution in [0.15, 0.2) is 91.5 Å². The first-order chi connectivity index (χ1) is 26.5. The molecular weight excluding hydrogens is 694 g/mol. The first kappa shape index (κ1) is 39.9. The molecule has 55 heavy (non-hydrogen) atoms. The molecule has 2 fully saturated rings. The largest absolute Gasteiger partial charge is 0.489 e. The Balaban J connectivity index is 1.15. The van der Waals surface area contributed by atoms with Gasteiger partial charge >= 0.3 is 6.09 Å². The highest BCUT2D eigenvalue weighted by Gasteiger charge is 2.43. The molecule has 2 atom stereocenters. The highest BCUT2D eigenvalue weighted by atomic mass is 19.1. The van der Waals surface area contributed by atoms with Gasteiger partial charge in [-0.15, -0.1) is 0 Å². The molecule has 0 radical (unpaired) electrons. The number of alkyl carbamates (subject to hydrolysis) is 1. The molecule has 0 spiro atoms. The third kappa shape index (κ3) is 11.9. The van der Waals surface area contributed by atoms with Crippen LogP contribution in [0, 0.1) is 23.1 Å². The summed E-state index contributed by atoms with van der Waals surface area (Å²) >= 11 is 0. The van der Waals surface area contributed by atoms with E-state index in [1.54, 1.807) is 18.5 Å². The van der Waals surface area contributed by atoms with Crippen molar-refractivity contribution < 1.29 is 23.5 Å². The Labute approximate surface area is 326 Å². The van der Waals surface area contributed by atoms with Crippen molar-refractivity contribution in [2.75, 3.05) is 13.1 Å². The number of nitrogens with zero attached hydrogens (tertiary/aromatic N) is 4. The second-order valence-electron chi connectivity index (χ2n) is 16.7. The molecule has 1 N–H and O–H groups in total. The van der Waals surface area contributed by atoms with Crippen LogP contribution in [-0.2, 0) is 35.5 Å². The standard InChI is InChI=1S/C45H58FN5O4/c1-44(2,3)55-43(53)49-40(29-35-16-22-41(23-17-35)54-30-36-10-6-4-7-11-36)21-18-37(28-34-14-19-39(46)20-15-34)42(52)50-26-24-45(25-27-50,31-51-33-47-32-48-51)38-12-8-5-9-13-38/h4,6-7,10-11,14-17,19-20,22-23,32-33,37-38,40H,5,8-9,12-13,18,21,24-31H2,1-3H3,(H,49,53). The first-order valence-corrected chi connectivity index (χ1v) is 20.1. The lowest BCUT2D eigenvalue weighted by molar-refractivity contribution is -0.139. The fourth-order valence-electron chi connectivity index (χ4n) is 8.54. The average Bonchev–Trinajstić information content (AvgIpc) is 3.70. The number of hydrogen-bond acceptors (Lipinski definition) is 6. The number of benzene rings is 3. The van der Waals surface area contributed by atoms with Crippen molar-refractivity contribution in [3.05, 3.63) is 114 Å². The second-order valence-corrected chi connectivity index (χ2v) is 16.7. The maximum atomic E-state index is 14.6. The van der Waals surface area contributed by atoms with E-state index in [1.807, 2.05) is 86.4 Å². The van der Waals surface area contributed by atoms with Crippen molar-refractivity contribution in [1.29, 1.82) is 0 Å². The summed E-state index contributed by atoms with van der Waals surface area (Å²) in [5, 5.41) is 7.59. The summed E-state index contributed by atoms with van der Waals surface area (Å²) in [6, 6.07) is 24.2. The predicted octanol–water partition coefficient (Wildman–Crippen LogP) is 8.96. The zero-order valence-electron chi connectivity index (χ0n) is 32.8. The van der Waals surface area contributed by atoms with E-state index < -0.39 is 11.7 Å². The van der Waals surface area contributed by atoms with Crippen molar-refractivity contribution in [3.8, 4) is 5.75 Å². The number of carbonyl (C=O) groups is 2. The number of piperidine rings is 1. The Kier molecular flexibility index (Phi) is 13.6. The summed E-state index contributed by atoms with van der Waals surface area (Å²) in [5.41, 5.74) is 2.49. The van der Waals surface area contributed by atoms with E-state index >= 15 is 0 Å². The second kappa shape index (κ2) is 18.7. The van der Waals surface area contributed by atoms with Crippen molar-refractivity contribution in [2.24, 2.45) is 17.3 Å². The van der Waals surface area contributed by atoms with Crippen molar-refractivity contribution in [2.45, 2.75) is 116 Å². The monoisotopic (exact) mass is 751 g/mol. The van der Waals surface area contributed by atoms with Gasteiger partial charge in [0.25, 0.3) is 0 Å². The Morgan fingerprint density at radius 2 is 1.55 bits per heavy atom. The van der Waals surface area contributed by atoms with Crippen molar-refractivity contribution in [3.63, 3.8) is 0 Å². The quantitative estimate of drug-likeness (QED) is 0.130. The molecule has 3 aromatic carbocycles. The summed E-state index contributed by atoms with van der Waals surface area (Å²) in [6.07, 6.45) is 13.2. The molecule has 2 aliphatic rings. The molecule has 10 heteroatoms. The summed E-state index contributed by atoms with van der Waals surface area (Å²) in [5.74, 6) is 0.872. The SMILES string of the molecule is CC(C)(C)OC(=O)NC(CCC(Cc1ccc(F)cc1)C(=O)N1CCC(Cn2cncn2)(C2CCCCC2)CC1)Cc1ccc(OCc2ccccc2)cc1. The van der Waals surface area contributed by atoms with E-state index in [2.05, 4.69) is 20.3 Å². The molecule has 2 amide bonds. The summed E-state index contributed by atoms with van der Waals surface area (Å²) in [6.45, 7) is 8.25. The van der Waals surface area contributed by atoms with Gasteiger partial charge in [-0.3, -0.25) is 9.48 Å². The van der Waals surface area contributed by atoms with E-state index in [9.17, 15) is 14.0 Å². The fourth-order valence-corrected chi connectivity index (χ4v) is 8.54. The maximum Gasteiger partial charge on any atom is 0.407 e.